The molecule has 1 rings (SSSR count). The molecule has 0 bridgehead atoms. The van der Waals surface area contributed by atoms with Gasteiger partial charge in [-0.1, -0.05) is 0 Å². The lowest BCUT2D eigenvalue weighted by molar-refractivity contribution is -0.684. The summed E-state index contributed by atoms with van der Waals surface area (Å²) in [4.78, 5) is 21.8. The van der Waals surface area contributed by atoms with Crippen LogP contribution in [0.2, 0.25) is 0 Å². The van der Waals surface area contributed by atoms with Gasteiger partial charge in [0.1, 0.15) is 5.56 Å². The summed E-state index contributed by atoms with van der Waals surface area (Å²) in [6.07, 6.45) is 3.24. The van der Waals surface area contributed by atoms with Gasteiger partial charge in [0, 0.05) is 13.1 Å². The molecule has 0 aliphatic rings. The van der Waals surface area contributed by atoms with Gasteiger partial charge in [-0.15, -0.1) is 0 Å². The van der Waals surface area contributed by atoms with Crippen molar-refractivity contribution in [2.45, 2.75) is 6.54 Å². The number of hydrogen-bond donors (Lipinski definition) is 2. The van der Waals surface area contributed by atoms with E-state index in [-0.39, 0.29) is 12.5 Å². The number of amides is 2. The zero-order valence-electron chi connectivity index (χ0n) is 7.86. The van der Waals surface area contributed by atoms with Gasteiger partial charge in [0.15, 0.2) is 12.4 Å². The van der Waals surface area contributed by atoms with Gasteiger partial charge < -0.3 is 11.1 Å². The first-order valence-corrected chi connectivity index (χ1v) is 4.13. The molecule has 0 fully saturated rings. The molecular formula is C9H12N3O2+. The molecule has 0 aliphatic heterocycles. The lowest BCUT2D eigenvalue weighted by Crippen LogP contribution is -2.42. The molecule has 0 saturated carbocycles. The van der Waals surface area contributed by atoms with E-state index < -0.39 is 5.91 Å². The molecule has 3 N–H and O–H groups in total. The van der Waals surface area contributed by atoms with Crippen molar-refractivity contribution in [3.8, 4) is 0 Å². The lowest BCUT2D eigenvalue weighted by Gasteiger charge is -1.97. The molecule has 1 aromatic heterocycles. The number of nitrogens with two attached hydrogens (primary N) is 1. The molecule has 2 amide bonds. The number of primary amides is 1. The highest BCUT2D eigenvalue weighted by Crippen LogP contribution is 1.91. The fraction of sp³-hybridized carbons (Fsp3) is 0.222. The maximum atomic E-state index is 11.0. The molecule has 0 radical (unpaired) electrons. The fourth-order valence-corrected chi connectivity index (χ4v) is 1.01. The monoisotopic (exact) mass is 194 g/mol. The molecule has 0 aromatic carbocycles. The van der Waals surface area contributed by atoms with Crippen LogP contribution in [0.4, 0.5) is 0 Å². The Labute approximate surface area is 81.5 Å². The van der Waals surface area contributed by atoms with Crippen LogP contribution in [0.1, 0.15) is 10.4 Å². The number of nitrogens with one attached hydrogen (secondary N) is 1. The molecule has 5 heteroatoms. The molecule has 1 aromatic rings. The molecule has 0 spiro atoms. The van der Waals surface area contributed by atoms with Gasteiger partial charge in [-0.25, -0.2) is 0 Å². The molecule has 0 unspecified atom stereocenters. The van der Waals surface area contributed by atoms with Crippen LogP contribution >= 0.6 is 0 Å². The van der Waals surface area contributed by atoms with Crippen LogP contribution in [0, 0.1) is 0 Å². The average molecular weight is 194 g/mol. The Morgan fingerprint density at radius 3 is 2.86 bits per heavy atom. The van der Waals surface area contributed by atoms with E-state index in [1.54, 1.807) is 29.9 Å². The smallest absolute Gasteiger partial charge is 0.285 e. The summed E-state index contributed by atoms with van der Waals surface area (Å²) in [6.45, 7) is 0.178. The minimum atomic E-state index is -0.503. The predicted molar refractivity (Wildman–Crippen MR) is 49.2 cm³/mol. The summed E-state index contributed by atoms with van der Waals surface area (Å²) in [5, 5.41) is 2.49. The first-order valence-electron chi connectivity index (χ1n) is 4.13. The van der Waals surface area contributed by atoms with Crippen LogP contribution in [0.15, 0.2) is 24.5 Å². The summed E-state index contributed by atoms with van der Waals surface area (Å²) in [5.74, 6) is -0.632. The van der Waals surface area contributed by atoms with Crippen molar-refractivity contribution in [3.05, 3.63) is 30.1 Å². The van der Waals surface area contributed by atoms with Crippen LogP contribution in [-0.4, -0.2) is 18.9 Å². The third kappa shape index (κ3) is 2.55. The second kappa shape index (κ2) is 4.36. The summed E-state index contributed by atoms with van der Waals surface area (Å²) in [5.41, 5.74) is 5.48. The molecule has 1 heterocycles. The number of carbonyl (C=O) groups excluding carboxylic acids is 2. The number of aromatic nitrogens is 1. The van der Waals surface area contributed by atoms with Crippen LogP contribution in [0.25, 0.3) is 0 Å². The fourth-order valence-electron chi connectivity index (χ4n) is 1.01. The van der Waals surface area contributed by atoms with Gasteiger partial charge in [0.25, 0.3) is 11.8 Å². The van der Waals surface area contributed by atoms with E-state index in [4.69, 9.17) is 5.73 Å². The average Bonchev–Trinajstić information content (AvgIpc) is 2.18. The van der Waals surface area contributed by atoms with E-state index in [2.05, 4.69) is 5.32 Å². The summed E-state index contributed by atoms with van der Waals surface area (Å²) in [7, 11) is 1.56. The summed E-state index contributed by atoms with van der Waals surface area (Å²) in [6, 6.07) is 3.27. The van der Waals surface area contributed by atoms with Crippen molar-refractivity contribution in [3.63, 3.8) is 0 Å². The zero-order valence-corrected chi connectivity index (χ0v) is 7.86. The third-order valence-corrected chi connectivity index (χ3v) is 1.75. The highest BCUT2D eigenvalue weighted by Gasteiger charge is 2.09. The molecular weight excluding hydrogens is 182 g/mol. The predicted octanol–water partition coefficient (Wildman–Crippen LogP) is -1.18. The summed E-state index contributed by atoms with van der Waals surface area (Å²) >= 11 is 0. The number of nitrogens with zero attached hydrogens (tertiary/aromatic N) is 1. The quantitative estimate of drug-likeness (QED) is 0.594. The Hall–Kier alpha value is -1.91. The van der Waals surface area contributed by atoms with Crippen molar-refractivity contribution in [1.29, 1.82) is 0 Å². The van der Waals surface area contributed by atoms with E-state index in [9.17, 15) is 9.59 Å². The maximum absolute atomic E-state index is 11.0. The number of hydrogen-bond acceptors (Lipinski definition) is 2. The van der Waals surface area contributed by atoms with Gasteiger partial charge >= 0.3 is 0 Å². The van der Waals surface area contributed by atoms with Gasteiger partial charge in [-0.05, 0) is 6.07 Å². The first-order chi connectivity index (χ1) is 6.63. The Morgan fingerprint density at radius 2 is 2.29 bits per heavy atom. The minimum Gasteiger partial charge on any atom is -0.365 e. The first kappa shape index (κ1) is 10.2. The number of likely N-dealkylation sites (N-methyl/N-ethyl adjacent to an activating group) is 1. The van der Waals surface area contributed by atoms with E-state index in [1.807, 2.05) is 0 Å². The van der Waals surface area contributed by atoms with Crippen molar-refractivity contribution < 1.29 is 14.2 Å². The lowest BCUT2D eigenvalue weighted by atomic mass is 10.3. The van der Waals surface area contributed by atoms with E-state index in [0.29, 0.717) is 5.56 Å². The normalized spacial score (nSPS) is 9.50. The van der Waals surface area contributed by atoms with Crippen molar-refractivity contribution in [2.24, 2.45) is 5.73 Å². The van der Waals surface area contributed by atoms with Gasteiger partial charge in [0.2, 0.25) is 6.54 Å². The summed E-state index contributed by atoms with van der Waals surface area (Å²) < 4.78 is 1.60. The Balaban J connectivity index is 2.83. The molecule has 0 atom stereocenters. The number of pyridine rings is 1. The largest absolute Gasteiger partial charge is 0.365 e. The highest BCUT2D eigenvalue weighted by molar-refractivity contribution is 5.92. The second-order valence-electron chi connectivity index (χ2n) is 2.80. The number of carbonyl (C=O) groups is 2. The molecule has 74 valence electrons. The third-order valence-electron chi connectivity index (χ3n) is 1.75. The van der Waals surface area contributed by atoms with Crippen LogP contribution in [-0.2, 0) is 11.3 Å². The van der Waals surface area contributed by atoms with Crippen LogP contribution in [0.5, 0.6) is 0 Å². The Bertz CT molecular complexity index is 363. The van der Waals surface area contributed by atoms with Crippen LogP contribution in [0.3, 0.4) is 0 Å². The van der Waals surface area contributed by atoms with Crippen LogP contribution < -0.4 is 15.6 Å². The highest BCUT2D eigenvalue weighted by atomic mass is 16.2. The van der Waals surface area contributed by atoms with E-state index in [1.165, 1.54) is 6.20 Å². The zero-order chi connectivity index (χ0) is 10.6. The van der Waals surface area contributed by atoms with E-state index in [0.717, 1.165) is 0 Å². The van der Waals surface area contributed by atoms with Crippen molar-refractivity contribution >= 4 is 11.8 Å². The van der Waals surface area contributed by atoms with Crippen molar-refractivity contribution in [2.75, 3.05) is 7.05 Å². The minimum absolute atomic E-state index is 0.128. The van der Waals surface area contributed by atoms with Gasteiger partial charge in [-0.3, -0.25) is 9.59 Å². The number of rotatable bonds is 3. The Morgan fingerprint density at radius 1 is 1.57 bits per heavy atom. The van der Waals surface area contributed by atoms with E-state index >= 15 is 0 Å². The molecule has 0 aliphatic carbocycles. The molecule has 5 nitrogen and oxygen atoms in total. The Kier molecular flexibility index (Phi) is 3.17. The standard InChI is InChI=1S/C9H11N3O2/c1-11-8(13)6-12-4-2-3-7(5-12)9(10)14/h2-5H,6H2,1H3,(H2-,10,11,13,14)/p+1. The molecule has 14 heavy (non-hydrogen) atoms. The van der Waals surface area contributed by atoms with Gasteiger partial charge in [0.05, 0.1) is 0 Å². The van der Waals surface area contributed by atoms with Gasteiger partial charge in [-0.2, -0.15) is 4.57 Å². The van der Waals surface area contributed by atoms with Crippen molar-refractivity contribution in [1.82, 2.24) is 5.32 Å². The maximum Gasteiger partial charge on any atom is 0.285 e. The molecule has 0 saturated heterocycles. The SMILES string of the molecule is CNC(=O)C[n+]1cccc(C(N)=O)c1. The second-order valence-corrected chi connectivity index (χ2v) is 2.80. The topological polar surface area (TPSA) is 76.1 Å².